The molecule has 3 aromatic rings. The number of anilines is 2. The van der Waals surface area contributed by atoms with Crippen LogP contribution in [0.2, 0.25) is 0 Å². The Kier molecular flexibility index (Phi) is 8.29. The van der Waals surface area contributed by atoms with Crippen LogP contribution < -0.4 is 15.4 Å². The highest BCUT2D eigenvalue weighted by Gasteiger charge is 2.31. The summed E-state index contributed by atoms with van der Waals surface area (Å²) in [7, 11) is 2.81. The lowest BCUT2D eigenvalue weighted by Crippen LogP contribution is -2.35. The van der Waals surface area contributed by atoms with Crippen LogP contribution in [0.5, 0.6) is 5.75 Å². The molecule has 2 fully saturated rings. The van der Waals surface area contributed by atoms with Gasteiger partial charge in [-0.15, -0.1) is 0 Å². The van der Waals surface area contributed by atoms with Crippen molar-refractivity contribution in [2.75, 3.05) is 44.5 Å². The zero-order valence-corrected chi connectivity index (χ0v) is 24.9. The Morgan fingerprint density at radius 1 is 1.07 bits per heavy atom. The number of nitrogens with zero attached hydrogens (tertiary/aromatic N) is 3. The van der Waals surface area contributed by atoms with Crippen LogP contribution >= 0.6 is 0 Å². The number of pyridine rings is 1. The number of fused-ring (bicyclic) bond motifs is 1. The van der Waals surface area contributed by atoms with Crippen LogP contribution in [0.3, 0.4) is 0 Å². The van der Waals surface area contributed by atoms with Crippen molar-refractivity contribution >= 4 is 40.4 Å². The molecule has 3 heterocycles. The number of methoxy groups -OCH3 is 2. The van der Waals surface area contributed by atoms with Crippen LogP contribution in [0.1, 0.15) is 60.9 Å². The number of rotatable bonds is 9. The summed E-state index contributed by atoms with van der Waals surface area (Å²) in [6, 6.07) is 8.81. The van der Waals surface area contributed by atoms with Crippen LogP contribution in [-0.4, -0.2) is 71.9 Å². The molecule has 2 N–H and O–H groups in total. The van der Waals surface area contributed by atoms with E-state index in [2.05, 4.69) is 15.6 Å². The van der Waals surface area contributed by atoms with E-state index in [0.29, 0.717) is 48.4 Å². The van der Waals surface area contributed by atoms with Gasteiger partial charge in [0.25, 0.3) is 5.91 Å². The normalized spacial score (nSPS) is 16.8. The number of ether oxygens (including phenoxy) is 3. The number of esters is 1. The minimum atomic E-state index is -0.560. The highest BCUT2D eigenvalue weighted by Crippen LogP contribution is 2.37. The molecule has 1 unspecified atom stereocenters. The molecule has 0 radical (unpaired) electrons. The van der Waals surface area contributed by atoms with Gasteiger partial charge < -0.3 is 34.3 Å². The predicted octanol–water partition coefficient (Wildman–Crippen LogP) is 5.16. The molecule has 11 heteroatoms. The van der Waals surface area contributed by atoms with Gasteiger partial charge in [-0.25, -0.2) is 14.6 Å². The third kappa shape index (κ3) is 6.61. The van der Waals surface area contributed by atoms with Crippen LogP contribution in [0.15, 0.2) is 36.5 Å². The second-order valence-corrected chi connectivity index (χ2v) is 12.0. The first-order chi connectivity index (χ1) is 20.1. The van der Waals surface area contributed by atoms with E-state index in [1.165, 1.54) is 14.2 Å². The summed E-state index contributed by atoms with van der Waals surface area (Å²) in [6.45, 7) is 7.92. The molecule has 1 aliphatic carbocycles. The maximum atomic E-state index is 13.8. The summed E-state index contributed by atoms with van der Waals surface area (Å²) in [5.41, 5.74) is 1.87. The minimum Gasteiger partial charge on any atom is -0.494 e. The molecule has 2 amide bonds. The second kappa shape index (κ2) is 11.9. The van der Waals surface area contributed by atoms with Gasteiger partial charge in [0.15, 0.2) is 0 Å². The van der Waals surface area contributed by atoms with Gasteiger partial charge in [0.05, 0.1) is 25.5 Å². The van der Waals surface area contributed by atoms with Crippen LogP contribution in [0.25, 0.3) is 11.0 Å². The fourth-order valence-electron chi connectivity index (χ4n) is 5.24. The number of likely N-dealkylation sites (tertiary alicyclic amines) is 1. The zero-order valence-electron chi connectivity index (χ0n) is 24.9. The number of carbonyl (C=O) groups is 3. The molecular weight excluding hydrogens is 538 g/mol. The van der Waals surface area contributed by atoms with E-state index in [-0.39, 0.29) is 23.5 Å². The maximum absolute atomic E-state index is 13.8. The zero-order chi connectivity index (χ0) is 30.0. The molecule has 1 saturated heterocycles. The maximum Gasteiger partial charge on any atom is 0.410 e. The largest absolute Gasteiger partial charge is 0.494 e. The highest BCUT2D eigenvalue weighted by atomic mass is 16.6. The van der Waals surface area contributed by atoms with Crippen molar-refractivity contribution in [3.63, 3.8) is 0 Å². The molecule has 42 heavy (non-hydrogen) atoms. The van der Waals surface area contributed by atoms with Gasteiger partial charge in [-0.2, -0.15) is 0 Å². The Balaban J connectivity index is 1.40. The van der Waals surface area contributed by atoms with Crippen LogP contribution in [0.4, 0.5) is 16.2 Å². The van der Waals surface area contributed by atoms with Gasteiger partial charge in [-0.3, -0.25) is 4.79 Å². The number of amides is 2. The number of aromatic nitrogens is 2. The van der Waals surface area contributed by atoms with E-state index in [9.17, 15) is 14.4 Å². The Labute approximate surface area is 245 Å². The van der Waals surface area contributed by atoms with Crippen molar-refractivity contribution in [3.8, 4) is 5.75 Å². The quantitative estimate of drug-likeness (QED) is 0.334. The van der Waals surface area contributed by atoms with Gasteiger partial charge in [0.1, 0.15) is 28.4 Å². The first-order valence-electron chi connectivity index (χ1n) is 14.3. The number of hydrogen-bond acceptors (Lipinski definition) is 8. The van der Waals surface area contributed by atoms with E-state index < -0.39 is 11.6 Å². The fraction of sp³-hybridized carbons (Fsp3) is 0.484. The predicted molar refractivity (Wildman–Crippen MR) is 159 cm³/mol. The van der Waals surface area contributed by atoms with E-state index in [1.807, 2.05) is 43.5 Å². The average Bonchev–Trinajstić information content (AvgIpc) is 3.51. The van der Waals surface area contributed by atoms with Crippen LogP contribution in [-0.2, 0) is 16.0 Å². The van der Waals surface area contributed by atoms with Crippen molar-refractivity contribution in [2.45, 2.75) is 52.2 Å². The second-order valence-electron chi connectivity index (χ2n) is 12.0. The van der Waals surface area contributed by atoms with Crippen molar-refractivity contribution in [1.82, 2.24) is 14.5 Å². The van der Waals surface area contributed by atoms with Crippen molar-refractivity contribution < 1.29 is 28.6 Å². The third-order valence-electron chi connectivity index (χ3n) is 7.52. The molecule has 1 atom stereocenters. The smallest absolute Gasteiger partial charge is 0.410 e. The molecule has 0 bridgehead atoms. The van der Waals surface area contributed by atoms with Gasteiger partial charge >= 0.3 is 12.1 Å². The molecule has 1 aromatic carbocycles. The van der Waals surface area contributed by atoms with Gasteiger partial charge in [0, 0.05) is 37.8 Å². The lowest BCUT2D eigenvalue weighted by Gasteiger charge is -2.24. The molecule has 2 aliphatic rings. The first kappa shape index (κ1) is 29.2. The number of benzene rings is 1. The molecule has 224 valence electrons. The van der Waals surface area contributed by atoms with Gasteiger partial charge in [0.2, 0.25) is 0 Å². The average molecular weight is 578 g/mol. The minimum absolute atomic E-state index is 0.151. The lowest BCUT2D eigenvalue weighted by molar-refractivity contribution is 0.0288. The van der Waals surface area contributed by atoms with Crippen molar-refractivity contribution in [2.24, 2.45) is 11.8 Å². The van der Waals surface area contributed by atoms with E-state index in [0.717, 1.165) is 36.8 Å². The summed E-state index contributed by atoms with van der Waals surface area (Å²) in [5.74, 6) is 0.193. The van der Waals surface area contributed by atoms with Crippen molar-refractivity contribution in [1.29, 1.82) is 0 Å². The van der Waals surface area contributed by atoms with Crippen molar-refractivity contribution in [3.05, 3.63) is 47.8 Å². The molecule has 1 saturated carbocycles. The molecular formula is C31H39N5O6. The number of carbonyl (C=O) groups excluding carboxylic acids is 3. The molecule has 1 aliphatic heterocycles. The number of nitrogens with one attached hydrogen (secondary N) is 2. The van der Waals surface area contributed by atoms with E-state index in [1.54, 1.807) is 23.2 Å². The SMILES string of the molecule is COC(=O)c1cc(NC(=O)c2cc3cccnc3n2CC2CC2)c(NCC2CCN(C(=O)OC(C)(C)C)C2)c(OC)c1. The Bertz CT molecular complexity index is 1490. The van der Waals surface area contributed by atoms with Crippen LogP contribution in [0, 0.1) is 11.8 Å². The summed E-state index contributed by atoms with van der Waals surface area (Å²) in [5, 5.41) is 7.33. The third-order valence-corrected chi connectivity index (χ3v) is 7.52. The number of hydrogen-bond donors (Lipinski definition) is 2. The monoisotopic (exact) mass is 577 g/mol. The molecule has 0 spiro atoms. The highest BCUT2D eigenvalue weighted by molar-refractivity contribution is 6.08. The van der Waals surface area contributed by atoms with E-state index >= 15 is 0 Å². The molecule has 11 nitrogen and oxygen atoms in total. The molecule has 2 aromatic heterocycles. The topological polar surface area (TPSA) is 124 Å². The summed E-state index contributed by atoms with van der Waals surface area (Å²) in [4.78, 5) is 45.1. The summed E-state index contributed by atoms with van der Waals surface area (Å²) < 4.78 is 18.1. The molecule has 5 rings (SSSR count). The lowest BCUT2D eigenvalue weighted by atomic mass is 10.1. The Morgan fingerprint density at radius 3 is 2.55 bits per heavy atom. The Hall–Kier alpha value is -4.28. The summed E-state index contributed by atoms with van der Waals surface area (Å²) in [6.07, 6.45) is 4.46. The van der Waals surface area contributed by atoms with Gasteiger partial charge in [-0.05, 0) is 82.2 Å². The summed E-state index contributed by atoms with van der Waals surface area (Å²) >= 11 is 0. The fourth-order valence-corrected chi connectivity index (χ4v) is 5.24. The first-order valence-corrected chi connectivity index (χ1v) is 14.3. The standard InChI is InChI=1S/C31H39N5O6/c1-31(2,3)42-30(39)35-12-10-20(17-35)16-33-26-23(13-22(29(38)41-5)15-25(26)40-4)34-28(37)24-14-21-7-6-11-32-27(21)36(24)18-19-8-9-19/h6-7,11,13-15,19-20,33H,8-10,12,16-18H2,1-5H3,(H,34,37). The van der Waals surface area contributed by atoms with E-state index in [4.69, 9.17) is 14.2 Å². The van der Waals surface area contributed by atoms with Gasteiger partial charge in [-0.1, -0.05) is 0 Å². The Morgan fingerprint density at radius 2 is 1.86 bits per heavy atom.